The first kappa shape index (κ1) is 16.0. The zero-order valence-corrected chi connectivity index (χ0v) is 11.8. The van der Waals surface area contributed by atoms with E-state index in [1.165, 1.54) is 12.1 Å². The standard InChI is InChI=1S/C12H19FN2O3S/c1-9(5-6-18-2)15-19(16,17)11-3-4-12(13)10(7-11)8-14/h3-4,7,9,15H,5-6,8,14H2,1-2H3. The Morgan fingerprint density at radius 1 is 1.47 bits per heavy atom. The highest BCUT2D eigenvalue weighted by atomic mass is 32.2. The lowest BCUT2D eigenvalue weighted by atomic mass is 10.2. The first-order valence-electron chi connectivity index (χ1n) is 5.90. The number of ether oxygens (including phenoxy) is 1. The minimum absolute atomic E-state index is 0.0126. The van der Waals surface area contributed by atoms with Gasteiger partial charge >= 0.3 is 0 Å². The highest BCUT2D eigenvalue weighted by Gasteiger charge is 2.18. The lowest BCUT2D eigenvalue weighted by Crippen LogP contribution is -2.33. The van der Waals surface area contributed by atoms with Gasteiger partial charge in [0.05, 0.1) is 4.90 Å². The molecule has 0 spiro atoms. The van der Waals surface area contributed by atoms with Crippen LogP contribution in [0.5, 0.6) is 0 Å². The van der Waals surface area contributed by atoms with Crippen LogP contribution in [0.15, 0.2) is 23.1 Å². The summed E-state index contributed by atoms with van der Waals surface area (Å²) in [6, 6.07) is 3.31. The van der Waals surface area contributed by atoms with Crippen molar-refractivity contribution >= 4 is 10.0 Å². The highest BCUT2D eigenvalue weighted by molar-refractivity contribution is 7.89. The van der Waals surface area contributed by atoms with Crippen molar-refractivity contribution in [3.05, 3.63) is 29.6 Å². The van der Waals surface area contributed by atoms with E-state index in [1.807, 2.05) is 0 Å². The van der Waals surface area contributed by atoms with Crippen LogP contribution in [0.25, 0.3) is 0 Å². The van der Waals surface area contributed by atoms with E-state index in [1.54, 1.807) is 14.0 Å². The lowest BCUT2D eigenvalue weighted by Gasteiger charge is -2.14. The van der Waals surface area contributed by atoms with Gasteiger partial charge in [0.15, 0.2) is 0 Å². The summed E-state index contributed by atoms with van der Waals surface area (Å²) < 4.78 is 44.8. The van der Waals surface area contributed by atoms with Crippen molar-refractivity contribution in [2.24, 2.45) is 5.73 Å². The minimum Gasteiger partial charge on any atom is -0.385 e. The second kappa shape index (κ2) is 6.95. The Kier molecular flexibility index (Phi) is 5.86. The number of rotatable bonds is 7. The summed E-state index contributed by atoms with van der Waals surface area (Å²) in [7, 11) is -2.12. The van der Waals surface area contributed by atoms with Gasteiger partial charge in [0.25, 0.3) is 0 Å². The van der Waals surface area contributed by atoms with Crippen molar-refractivity contribution in [1.82, 2.24) is 4.72 Å². The molecule has 1 atom stereocenters. The molecule has 0 aliphatic heterocycles. The first-order valence-corrected chi connectivity index (χ1v) is 7.38. The van der Waals surface area contributed by atoms with Gasteiger partial charge in [-0.15, -0.1) is 0 Å². The summed E-state index contributed by atoms with van der Waals surface area (Å²) >= 11 is 0. The van der Waals surface area contributed by atoms with Crippen LogP contribution in [0.4, 0.5) is 4.39 Å². The summed E-state index contributed by atoms with van der Waals surface area (Å²) in [5.74, 6) is -0.506. The van der Waals surface area contributed by atoms with Crippen LogP contribution < -0.4 is 10.5 Å². The first-order chi connectivity index (χ1) is 8.90. The van der Waals surface area contributed by atoms with Crippen LogP contribution in [-0.4, -0.2) is 28.2 Å². The molecule has 0 heterocycles. The fourth-order valence-corrected chi connectivity index (χ4v) is 2.89. The highest BCUT2D eigenvalue weighted by Crippen LogP contribution is 2.15. The van der Waals surface area contributed by atoms with Gasteiger partial charge in [-0.1, -0.05) is 0 Å². The van der Waals surface area contributed by atoms with E-state index < -0.39 is 15.8 Å². The normalized spacial score (nSPS) is 13.5. The Balaban J connectivity index is 2.88. The van der Waals surface area contributed by atoms with Crippen LogP contribution in [0.1, 0.15) is 18.9 Å². The third kappa shape index (κ3) is 4.54. The quantitative estimate of drug-likeness (QED) is 0.784. The molecular weight excluding hydrogens is 271 g/mol. The van der Waals surface area contributed by atoms with Gasteiger partial charge in [0, 0.05) is 31.9 Å². The molecule has 7 heteroatoms. The van der Waals surface area contributed by atoms with Gasteiger partial charge in [0.2, 0.25) is 10.0 Å². The molecule has 0 amide bonds. The fraction of sp³-hybridized carbons (Fsp3) is 0.500. The van der Waals surface area contributed by atoms with Crippen molar-refractivity contribution in [3.63, 3.8) is 0 Å². The van der Waals surface area contributed by atoms with E-state index in [0.29, 0.717) is 13.0 Å². The van der Waals surface area contributed by atoms with Crippen molar-refractivity contribution < 1.29 is 17.5 Å². The number of hydrogen-bond donors (Lipinski definition) is 2. The van der Waals surface area contributed by atoms with Crippen LogP contribution in [0, 0.1) is 5.82 Å². The molecule has 108 valence electrons. The van der Waals surface area contributed by atoms with Crippen molar-refractivity contribution in [3.8, 4) is 0 Å². The van der Waals surface area contributed by atoms with Gasteiger partial charge < -0.3 is 10.5 Å². The molecule has 0 aliphatic carbocycles. The molecule has 1 rings (SSSR count). The van der Waals surface area contributed by atoms with Crippen LogP contribution in [0.3, 0.4) is 0 Å². The monoisotopic (exact) mass is 290 g/mol. The fourth-order valence-electron chi connectivity index (χ4n) is 1.56. The molecule has 0 radical (unpaired) electrons. The molecule has 0 aromatic heterocycles. The molecule has 1 aromatic carbocycles. The molecule has 19 heavy (non-hydrogen) atoms. The summed E-state index contributed by atoms with van der Waals surface area (Å²) in [6.45, 7) is 2.15. The van der Waals surface area contributed by atoms with Gasteiger partial charge in [-0.25, -0.2) is 17.5 Å². The number of halogens is 1. The zero-order valence-electron chi connectivity index (χ0n) is 11.0. The van der Waals surface area contributed by atoms with Crippen molar-refractivity contribution in [2.75, 3.05) is 13.7 Å². The summed E-state index contributed by atoms with van der Waals surface area (Å²) in [4.78, 5) is 0.0126. The van der Waals surface area contributed by atoms with Gasteiger partial charge in [0.1, 0.15) is 5.82 Å². The number of nitrogens with two attached hydrogens (primary N) is 1. The molecule has 0 saturated heterocycles. The van der Waals surface area contributed by atoms with Crippen molar-refractivity contribution in [2.45, 2.75) is 30.8 Å². The minimum atomic E-state index is -3.67. The van der Waals surface area contributed by atoms with E-state index in [2.05, 4.69) is 4.72 Å². The van der Waals surface area contributed by atoms with E-state index >= 15 is 0 Å². The maximum Gasteiger partial charge on any atom is 0.240 e. The average Bonchev–Trinajstić information content (AvgIpc) is 2.36. The van der Waals surface area contributed by atoms with Gasteiger partial charge in [-0.3, -0.25) is 0 Å². The van der Waals surface area contributed by atoms with Crippen molar-refractivity contribution in [1.29, 1.82) is 0 Å². The predicted octanol–water partition coefficient (Wildman–Crippen LogP) is 0.988. The number of nitrogens with one attached hydrogen (secondary N) is 1. The number of hydrogen-bond acceptors (Lipinski definition) is 4. The molecular formula is C12H19FN2O3S. The topological polar surface area (TPSA) is 81.4 Å². The molecule has 3 N–H and O–H groups in total. The largest absolute Gasteiger partial charge is 0.385 e. The van der Waals surface area contributed by atoms with Crippen LogP contribution >= 0.6 is 0 Å². The Morgan fingerprint density at radius 3 is 2.74 bits per heavy atom. The van der Waals surface area contributed by atoms with Crippen LogP contribution in [0.2, 0.25) is 0 Å². The summed E-state index contributed by atoms with van der Waals surface area (Å²) in [5, 5.41) is 0. The number of sulfonamides is 1. The van der Waals surface area contributed by atoms with Gasteiger partial charge in [-0.05, 0) is 31.5 Å². The Morgan fingerprint density at radius 2 is 2.16 bits per heavy atom. The Hall–Kier alpha value is -1.02. The lowest BCUT2D eigenvalue weighted by molar-refractivity contribution is 0.188. The predicted molar refractivity (Wildman–Crippen MR) is 70.6 cm³/mol. The third-order valence-corrected chi connectivity index (χ3v) is 4.25. The van der Waals surface area contributed by atoms with Gasteiger partial charge in [-0.2, -0.15) is 0 Å². The second-order valence-electron chi connectivity index (χ2n) is 4.26. The zero-order chi connectivity index (χ0) is 14.5. The molecule has 0 aliphatic rings. The summed E-state index contributed by atoms with van der Waals surface area (Å²) in [6.07, 6.45) is 0.556. The Labute approximate surface area is 113 Å². The molecule has 0 bridgehead atoms. The summed E-state index contributed by atoms with van der Waals surface area (Å²) in [5.41, 5.74) is 5.53. The smallest absolute Gasteiger partial charge is 0.240 e. The molecule has 1 unspecified atom stereocenters. The third-order valence-electron chi connectivity index (χ3n) is 2.66. The maximum atomic E-state index is 13.3. The SMILES string of the molecule is COCCC(C)NS(=O)(=O)c1ccc(F)c(CN)c1. The van der Waals surface area contributed by atoms with E-state index in [-0.39, 0.29) is 23.0 Å². The van der Waals surface area contributed by atoms with E-state index in [0.717, 1.165) is 6.07 Å². The molecule has 0 saturated carbocycles. The van der Waals surface area contributed by atoms with Crippen LogP contribution in [-0.2, 0) is 21.3 Å². The average molecular weight is 290 g/mol. The molecule has 5 nitrogen and oxygen atoms in total. The number of benzene rings is 1. The second-order valence-corrected chi connectivity index (χ2v) is 5.98. The number of methoxy groups -OCH3 is 1. The van der Waals surface area contributed by atoms with E-state index in [9.17, 15) is 12.8 Å². The molecule has 1 aromatic rings. The molecule has 0 fully saturated rings. The maximum absolute atomic E-state index is 13.3. The van der Waals surface area contributed by atoms with E-state index in [4.69, 9.17) is 10.5 Å². The Bertz CT molecular complexity index is 520.